The van der Waals surface area contributed by atoms with E-state index in [2.05, 4.69) is 9.88 Å². The van der Waals surface area contributed by atoms with Crippen LogP contribution in [0.25, 0.3) is 0 Å². The SMILES string of the molecule is O=C(C(F)Cl)N1CCN(Cc2ccccn2)CC1. The lowest BCUT2D eigenvalue weighted by Crippen LogP contribution is -2.49. The van der Waals surface area contributed by atoms with Crippen LogP contribution in [0.5, 0.6) is 0 Å². The molecule has 1 aliphatic heterocycles. The Balaban J connectivity index is 1.82. The Morgan fingerprint density at radius 1 is 1.39 bits per heavy atom. The predicted molar refractivity (Wildman–Crippen MR) is 66.8 cm³/mol. The first-order chi connectivity index (χ1) is 8.66. The number of carbonyl (C=O) groups is 1. The molecule has 1 aromatic rings. The van der Waals surface area contributed by atoms with Crippen molar-refractivity contribution < 1.29 is 9.18 Å². The molecular formula is C12H15ClFN3O. The van der Waals surface area contributed by atoms with E-state index in [9.17, 15) is 9.18 Å². The molecule has 1 fully saturated rings. The number of nitrogens with zero attached hydrogens (tertiary/aromatic N) is 3. The van der Waals surface area contributed by atoms with Crippen LogP contribution in [0.4, 0.5) is 4.39 Å². The summed E-state index contributed by atoms with van der Waals surface area (Å²) in [5.41, 5.74) is -0.926. The maximum absolute atomic E-state index is 12.7. The lowest BCUT2D eigenvalue weighted by atomic mass is 10.2. The van der Waals surface area contributed by atoms with Gasteiger partial charge < -0.3 is 4.90 Å². The van der Waals surface area contributed by atoms with Gasteiger partial charge in [-0.25, -0.2) is 4.39 Å². The van der Waals surface area contributed by atoms with E-state index < -0.39 is 11.5 Å². The van der Waals surface area contributed by atoms with E-state index in [1.54, 1.807) is 6.20 Å². The lowest BCUT2D eigenvalue weighted by molar-refractivity contribution is -0.135. The summed E-state index contributed by atoms with van der Waals surface area (Å²) < 4.78 is 12.7. The third-order valence-electron chi connectivity index (χ3n) is 2.98. The molecule has 0 spiro atoms. The third-order valence-corrected chi connectivity index (χ3v) is 3.17. The average molecular weight is 272 g/mol. The molecular weight excluding hydrogens is 257 g/mol. The summed E-state index contributed by atoms with van der Waals surface area (Å²) >= 11 is 5.15. The van der Waals surface area contributed by atoms with Gasteiger partial charge in [0.25, 0.3) is 11.5 Å². The van der Waals surface area contributed by atoms with Crippen LogP contribution in [0.1, 0.15) is 5.69 Å². The van der Waals surface area contributed by atoms with E-state index >= 15 is 0 Å². The number of carbonyl (C=O) groups excluding carboxylic acids is 1. The average Bonchev–Trinajstić information content (AvgIpc) is 2.40. The van der Waals surface area contributed by atoms with E-state index in [0.29, 0.717) is 26.2 Å². The third kappa shape index (κ3) is 3.40. The summed E-state index contributed by atoms with van der Waals surface area (Å²) in [5.74, 6) is -0.630. The normalized spacial score (nSPS) is 18.7. The first-order valence-corrected chi connectivity index (χ1v) is 6.29. The van der Waals surface area contributed by atoms with Gasteiger partial charge in [-0.3, -0.25) is 14.7 Å². The van der Waals surface area contributed by atoms with Crippen LogP contribution in [-0.4, -0.2) is 52.5 Å². The topological polar surface area (TPSA) is 36.4 Å². The van der Waals surface area contributed by atoms with Gasteiger partial charge in [-0.05, 0) is 12.1 Å². The van der Waals surface area contributed by atoms with Crippen molar-refractivity contribution in [3.8, 4) is 0 Å². The number of amides is 1. The lowest BCUT2D eigenvalue weighted by Gasteiger charge is -2.34. The molecule has 18 heavy (non-hydrogen) atoms. The quantitative estimate of drug-likeness (QED) is 0.777. The van der Waals surface area contributed by atoms with Gasteiger partial charge in [-0.1, -0.05) is 17.7 Å². The molecule has 0 N–H and O–H groups in total. The van der Waals surface area contributed by atoms with E-state index in [1.165, 1.54) is 4.90 Å². The Labute approximate surface area is 110 Å². The maximum Gasteiger partial charge on any atom is 0.272 e. The van der Waals surface area contributed by atoms with Gasteiger partial charge in [0.2, 0.25) is 0 Å². The first kappa shape index (κ1) is 13.2. The molecule has 0 bridgehead atoms. The molecule has 1 amide bonds. The maximum atomic E-state index is 12.7. The summed E-state index contributed by atoms with van der Waals surface area (Å²) in [5, 5.41) is 0. The standard InChI is InChI=1S/C12H15ClFN3O/c13-11(14)12(18)17-7-5-16(6-8-17)9-10-3-1-2-4-15-10/h1-4,11H,5-9H2. The highest BCUT2D eigenvalue weighted by atomic mass is 35.5. The molecule has 1 aromatic heterocycles. The Kier molecular flexibility index (Phi) is 4.49. The van der Waals surface area contributed by atoms with Crippen LogP contribution in [0, 0.1) is 0 Å². The summed E-state index contributed by atoms with van der Waals surface area (Å²) in [6, 6.07) is 5.79. The molecule has 2 heterocycles. The van der Waals surface area contributed by atoms with Crippen molar-refractivity contribution in [2.45, 2.75) is 12.2 Å². The summed E-state index contributed by atoms with van der Waals surface area (Å²) in [4.78, 5) is 19.3. The Morgan fingerprint density at radius 2 is 2.11 bits per heavy atom. The molecule has 1 unspecified atom stereocenters. The fourth-order valence-electron chi connectivity index (χ4n) is 1.99. The summed E-state index contributed by atoms with van der Waals surface area (Å²) in [6.07, 6.45) is 1.76. The Hall–Kier alpha value is -1.20. The van der Waals surface area contributed by atoms with E-state index in [0.717, 1.165) is 12.2 Å². The Morgan fingerprint density at radius 3 is 2.67 bits per heavy atom. The van der Waals surface area contributed by atoms with Gasteiger partial charge >= 0.3 is 0 Å². The second kappa shape index (κ2) is 6.11. The van der Waals surface area contributed by atoms with Gasteiger partial charge in [0.05, 0.1) is 5.69 Å². The van der Waals surface area contributed by atoms with E-state index in [4.69, 9.17) is 11.6 Å². The van der Waals surface area contributed by atoms with Crippen LogP contribution in [0.3, 0.4) is 0 Å². The number of rotatable bonds is 3. The smallest absolute Gasteiger partial charge is 0.272 e. The minimum Gasteiger partial charge on any atom is -0.337 e. The van der Waals surface area contributed by atoms with Crippen LogP contribution in [0.2, 0.25) is 0 Å². The molecule has 1 aliphatic rings. The number of aromatic nitrogens is 1. The monoisotopic (exact) mass is 271 g/mol. The van der Waals surface area contributed by atoms with Crippen LogP contribution in [-0.2, 0) is 11.3 Å². The molecule has 1 saturated heterocycles. The molecule has 0 saturated carbocycles. The first-order valence-electron chi connectivity index (χ1n) is 5.86. The number of halogens is 2. The van der Waals surface area contributed by atoms with Gasteiger partial charge in [0, 0.05) is 38.9 Å². The molecule has 4 nitrogen and oxygen atoms in total. The second-order valence-corrected chi connectivity index (χ2v) is 4.61. The van der Waals surface area contributed by atoms with Crippen LogP contribution in [0.15, 0.2) is 24.4 Å². The molecule has 98 valence electrons. The highest BCUT2D eigenvalue weighted by Crippen LogP contribution is 2.10. The van der Waals surface area contributed by atoms with Gasteiger partial charge in [0.1, 0.15) is 0 Å². The second-order valence-electron chi connectivity index (χ2n) is 4.22. The zero-order chi connectivity index (χ0) is 13.0. The van der Waals surface area contributed by atoms with E-state index in [-0.39, 0.29) is 0 Å². The van der Waals surface area contributed by atoms with Gasteiger partial charge in [-0.15, -0.1) is 0 Å². The van der Waals surface area contributed by atoms with Gasteiger partial charge in [-0.2, -0.15) is 0 Å². The van der Waals surface area contributed by atoms with Crippen LogP contribution < -0.4 is 0 Å². The van der Waals surface area contributed by atoms with E-state index in [1.807, 2.05) is 18.2 Å². The van der Waals surface area contributed by atoms with Crippen molar-refractivity contribution >= 4 is 17.5 Å². The molecule has 0 aromatic carbocycles. The minimum absolute atomic E-state index is 0.513. The number of hydrogen-bond acceptors (Lipinski definition) is 3. The Bertz CT molecular complexity index is 394. The molecule has 0 radical (unpaired) electrons. The van der Waals surface area contributed by atoms with Crippen LogP contribution >= 0.6 is 11.6 Å². The van der Waals surface area contributed by atoms with Crippen molar-refractivity contribution in [2.24, 2.45) is 0 Å². The predicted octanol–water partition coefficient (Wildman–Crippen LogP) is 1.26. The van der Waals surface area contributed by atoms with Crippen molar-refractivity contribution in [1.82, 2.24) is 14.8 Å². The summed E-state index contributed by atoms with van der Waals surface area (Å²) in [7, 11) is 0. The number of piperazine rings is 1. The van der Waals surface area contributed by atoms with Crippen molar-refractivity contribution in [3.05, 3.63) is 30.1 Å². The zero-order valence-corrected chi connectivity index (χ0v) is 10.7. The molecule has 1 atom stereocenters. The highest BCUT2D eigenvalue weighted by molar-refractivity contribution is 6.29. The number of pyridine rings is 1. The zero-order valence-electron chi connectivity index (χ0n) is 9.93. The van der Waals surface area contributed by atoms with Crippen molar-refractivity contribution in [2.75, 3.05) is 26.2 Å². The molecule has 0 aliphatic carbocycles. The molecule has 2 rings (SSSR count). The fraction of sp³-hybridized carbons (Fsp3) is 0.500. The van der Waals surface area contributed by atoms with Gasteiger partial charge in [0.15, 0.2) is 0 Å². The fourth-order valence-corrected chi connectivity index (χ4v) is 2.12. The molecule has 6 heteroatoms. The number of hydrogen-bond donors (Lipinski definition) is 0. The van der Waals surface area contributed by atoms with Crippen molar-refractivity contribution in [3.63, 3.8) is 0 Å². The largest absolute Gasteiger partial charge is 0.337 e. The summed E-state index contributed by atoms with van der Waals surface area (Å²) in [6.45, 7) is 3.21. The number of alkyl halides is 2. The van der Waals surface area contributed by atoms with Crippen molar-refractivity contribution in [1.29, 1.82) is 0 Å². The highest BCUT2D eigenvalue weighted by Gasteiger charge is 2.25. The minimum atomic E-state index is -1.92.